The first kappa shape index (κ1) is 19.0. The van der Waals surface area contributed by atoms with Crippen LogP contribution in [0.25, 0.3) is 11.4 Å². The molecule has 0 saturated carbocycles. The van der Waals surface area contributed by atoms with E-state index in [0.29, 0.717) is 29.2 Å². The molecular formula is C18H15F3N4OS. The zero-order valence-electron chi connectivity index (χ0n) is 14.2. The Bertz CT molecular complexity index is 960. The van der Waals surface area contributed by atoms with E-state index in [9.17, 15) is 18.0 Å². The van der Waals surface area contributed by atoms with Gasteiger partial charge >= 0.3 is 0 Å². The van der Waals surface area contributed by atoms with Crippen LogP contribution in [0.1, 0.15) is 6.92 Å². The second-order valence-electron chi connectivity index (χ2n) is 5.52. The Hall–Kier alpha value is -2.81. The molecule has 0 bridgehead atoms. The number of nitrogens with zero attached hydrogens (tertiary/aromatic N) is 3. The van der Waals surface area contributed by atoms with Crippen LogP contribution < -0.4 is 5.32 Å². The van der Waals surface area contributed by atoms with Gasteiger partial charge in [0.2, 0.25) is 5.91 Å². The molecule has 0 aliphatic rings. The summed E-state index contributed by atoms with van der Waals surface area (Å²) in [6.45, 7) is 2.45. The lowest BCUT2D eigenvalue weighted by atomic mass is 10.2. The van der Waals surface area contributed by atoms with E-state index in [4.69, 9.17) is 0 Å². The number of thioether (sulfide) groups is 1. The van der Waals surface area contributed by atoms with E-state index in [-0.39, 0.29) is 17.3 Å². The Kier molecular flexibility index (Phi) is 5.80. The van der Waals surface area contributed by atoms with Crippen LogP contribution in [-0.2, 0) is 11.3 Å². The zero-order valence-corrected chi connectivity index (χ0v) is 15.1. The van der Waals surface area contributed by atoms with E-state index in [2.05, 4.69) is 15.5 Å². The SMILES string of the molecule is CCn1c(SCC(=O)Nc2ccc(F)cc2F)nnc1-c1ccc(F)cc1. The van der Waals surface area contributed by atoms with Gasteiger partial charge in [-0.05, 0) is 43.3 Å². The summed E-state index contributed by atoms with van der Waals surface area (Å²) in [6.07, 6.45) is 0. The van der Waals surface area contributed by atoms with Crippen LogP contribution in [0.2, 0.25) is 0 Å². The average molecular weight is 392 g/mol. The third-order valence-corrected chi connectivity index (χ3v) is 4.64. The molecule has 1 N–H and O–H groups in total. The summed E-state index contributed by atoms with van der Waals surface area (Å²) in [5.74, 6) is -1.84. The van der Waals surface area contributed by atoms with Crippen LogP contribution in [-0.4, -0.2) is 26.4 Å². The summed E-state index contributed by atoms with van der Waals surface area (Å²) in [5, 5.41) is 11.1. The van der Waals surface area contributed by atoms with Gasteiger partial charge in [0.15, 0.2) is 11.0 Å². The Labute approximate surface area is 157 Å². The van der Waals surface area contributed by atoms with E-state index in [1.165, 1.54) is 12.1 Å². The highest BCUT2D eigenvalue weighted by Gasteiger charge is 2.15. The number of anilines is 1. The monoisotopic (exact) mass is 392 g/mol. The van der Waals surface area contributed by atoms with Crippen molar-refractivity contribution in [2.24, 2.45) is 0 Å². The first-order valence-corrected chi connectivity index (χ1v) is 9.03. The van der Waals surface area contributed by atoms with Crippen molar-refractivity contribution in [3.05, 3.63) is 59.9 Å². The van der Waals surface area contributed by atoms with Gasteiger partial charge in [0.25, 0.3) is 0 Å². The molecule has 140 valence electrons. The van der Waals surface area contributed by atoms with Crippen LogP contribution in [0.4, 0.5) is 18.9 Å². The number of carbonyl (C=O) groups is 1. The van der Waals surface area contributed by atoms with Crippen molar-refractivity contribution in [2.75, 3.05) is 11.1 Å². The molecule has 0 saturated heterocycles. The van der Waals surface area contributed by atoms with Crippen LogP contribution in [0.15, 0.2) is 47.6 Å². The number of halogens is 3. The van der Waals surface area contributed by atoms with Crippen LogP contribution in [0, 0.1) is 17.5 Å². The van der Waals surface area contributed by atoms with Crippen molar-refractivity contribution in [3.63, 3.8) is 0 Å². The summed E-state index contributed by atoms with van der Waals surface area (Å²) < 4.78 is 41.4. The fraction of sp³-hybridized carbons (Fsp3) is 0.167. The van der Waals surface area contributed by atoms with E-state index in [0.717, 1.165) is 23.9 Å². The fourth-order valence-corrected chi connectivity index (χ4v) is 3.20. The van der Waals surface area contributed by atoms with Crippen molar-refractivity contribution >= 4 is 23.4 Å². The summed E-state index contributed by atoms with van der Waals surface area (Å²) in [7, 11) is 0. The minimum Gasteiger partial charge on any atom is -0.323 e. The van der Waals surface area contributed by atoms with Crippen LogP contribution >= 0.6 is 11.8 Å². The highest BCUT2D eigenvalue weighted by atomic mass is 32.2. The standard InChI is InChI=1S/C18H15F3N4OS/c1-2-25-17(11-3-5-12(19)6-4-11)23-24-18(25)27-10-16(26)22-15-8-7-13(20)9-14(15)21/h3-9H,2,10H2,1H3,(H,22,26). The summed E-state index contributed by atoms with van der Waals surface area (Å²) in [4.78, 5) is 12.0. The maximum Gasteiger partial charge on any atom is 0.234 e. The number of aromatic nitrogens is 3. The van der Waals surface area contributed by atoms with Gasteiger partial charge in [-0.1, -0.05) is 11.8 Å². The zero-order chi connectivity index (χ0) is 19.4. The second kappa shape index (κ2) is 8.26. The highest BCUT2D eigenvalue weighted by molar-refractivity contribution is 7.99. The first-order valence-electron chi connectivity index (χ1n) is 8.04. The molecule has 9 heteroatoms. The Balaban J connectivity index is 1.69. The van der Waals surface area contributed by atoms with Gasteiger partial charge in [-0.15, -0.1) is 10.2 Å². The molecule has 1 heterocycles. The number of carbonyl (C=O) groups excluding carboxylic acids is 1. The van der Waals surface area contributed by atoms with Crippen LogP contribution in [0.5, 0.6) is 0 Å². The molecule has 3 aromatic rings. The largest absolute Gasteiger partial charge is 0.323 e. The number of benzene rings is 2. The van der Waals surface area contributed by atoms with Crippen LogP contribution in [0.3, 0.4) is 0 Å². The fourth-order valence-electron chi connectivity index (χ4n) is 2.40. The quantitative estimate of drug-likeness (QED) is 0.642. The molecule has 0 aliphatic carbocycles. The minimum absolute atomic E-state index is 0.0294. The molecule has 3 rings (SSSR count). The second-order valence-corrected chi connectivity index (χ2v) is 6.46. The van der Waals surface area contributed by atoms with Gasteiger partial charge in [-0.25, -0.2) is 13.2 Å². The van der Waals surface area contributed by atoms with E-state index in [1.807, 2.05) is 6.92 Å². The van der Waals surface area contributed by atoms with Gasteiger partial charge in [-0.3, -0.25) is 4.79 Å². The molecule has 1 amide bonds. The smallest absolute Gasteiger partial charge is 0.234 e. The summed E-state index contributed by atoms with van der Waals surface area (Å²) in [5.41, 5.74) is 0.612. The maximum atomic E-state index is 13.6. The number of hydrogen-bond donors (Lipinski definition) is 1. The molecule has 0 aliphatic heterocycles. The van der Waals surface area contributed by atoms with E-state index >= 15 is 0 Å². The Morgan fingerprint density at radius 3 is 2.44 bits per heavy atom. The lowest BCUT2D eigenvalue weighted by Gasteiger charge is -2.08. The van der Waals surface area contributed by atoms with Gasteiger partial charge in [-0.2, -0.15) is 0 Å². The van der Waals surface area contributed by atoms with Crippen molar-refractivity contribution in [3.8, 4) is 11.4 Å². The average Bonchev–Trinajstić information content (AvgIpc) is 3.06. The normalized spacial score (nSPS) is 10.8. The van der Waals surface area contributed by atoms with Gasteiger partial charge < -0.3 is 9.88 Å². The van der Waals surface area contributed by atoms with Crippen molar-refractivity contribution in [2.45, 2.75) is 18.6 Å². The van der Waals surface area contributed by atoms with E-state index in [1.54, 1.807) is 16.7 Å². The summed E-state index contributed by atoms with van der Waals surface area (Å²) >= 11 is 1.13. The van der Waals surface area contributed by atoms with Gasteiger partial charge in [0.1, 0.15) is 17.5 Å². The van der Waals surface area contributed by atoms with Gasteiger partial charge in [0.05, 0.1) is 11.4 Å². The van der Waals surface area contributed by atoms with E-state index < -0.39 is 17.5 Å². The predicted molar refractivity (Wildman–Crippen MR) is 96.8 cm³/mol. The molecule has 0 fully saturated rings. The lowest BCUT2D eigenvalue weighted by Crippen LogP contribution is -2.15. The van der Waals surface area contributed by atoms with Crippen molar-refractivity contribution in [1.29, 1.82) is 0 Å². The molecular weight excluding hydrogens is 377 g/mol. The molecule has 0 spiro atoms. The van der Waals surface area contributed by atoms with Crippen molar-refractivity contribution < 1.29 is 18.0 Å². The molecule has 0 unspecified atom stereocenters. The number of hydrogen-bond acceptors (Lipinski definition) is 4. The Morgan fingerprint density at radius 2 is 1.78 bits per heavy atom. The molecule has 5 nitrogen and oxygen atoms in total. The minimum atomic E-state index is -0.844. The lowest BCUT2D eigenvalue weighted by molar-refractivity contribution is -0.113. The number of nitrogens with one attached hydrogen (secondary N) is 1. The number of amides is 1. The van der Waals surface area contributed by atoms with Gasteiger partial charge in [0, 0.05) is 18.2 Å². The molecule has 1 aromatic heterocycles. The maximum absolute atomic E-state index is 13.6. The predicted octanol–water partition coefficient (Wildman–Crippen LogP) is 4.11. The summed E-state index contributed by atoms with van der Waals surface area (Å²) in [6, 6.07) is 8.80. The molecule has 27 heavy (non-hydrogen) atoms. The molecule has 0 atom stereocenters. The molecule has 0 radical (unpaired) electrons. The number of rotatable bonds is 6. The first-order chi connectivity index (χ1) is 13.0. The third kappa shape index (κ3) is 4.48. The Morgan fingerprint density at radius 1 is 1.07 bits per heavy atom. The highest BCUT2D eigenvalue weighted by Crippen LogP contribution is 2.24. The molecule has 2 aromatic carbocycles. The topological polar surface area (TPSA) is 59.8 Å². The third-order valence-electron chi connectivity index (χ3n) is 3.67. The van der Waals surface area contributed by atoms with Crippen molar-refractivity contribution in [1.82, 2.24) is 14.8 Å².